The Bertz CT molecular complexity index is 179. The van der Waals surface area contributed by atoms with E-state index in [0.29, 0.717) is 12.8 Å². The molecule has 13 heavy (non-hydrogen) atoms. The fourth-order valence-corrected chi connectivity index (χ4v) is 1.51. The summed E-state index contributed by atoms with van der Waals surface area (Å²) in [5.74, 6) is -0.665. The normalized spacial score (nSPS) is 22.0. The van der Waals surface area contributed by atoms with Gasteiger partial charge in [-0.1, -0.05) is 0 Å². The van der Waals surface area contributed by atoms with E-state index in [-0.39, 0.29) is 25.0 Å². The van der Waals surface area contributed by atoms with E-state index in [4.69, 9.17) is 5.73 Å². The first-order valence-corrected chi connectivity index (χ1v) is 4.17. The molecule has 1 saturated heterocycles. The van der Waals surface area contributed by atoms with Crippen LogP contribution in [0, 0.1) is 0 Å². The van der Waals surface area contributed by atoms with Crippen LogP contribution in [0.2, 0.25) is 0 Å². The van der Waals surface area contributed by atoms with Gasteiger partial charge in [0.1, 0.15) is 0 Å². The van der Waals surface area contributed by atoms with Crippen molar-refractivity contribution in [2.75, 3.05) is 20.1 Å². The second-order valence-electron chi connectivity index (χ2n) is 3.63. The van der Waals surface area contributed by atoms with Crippen molar-refractivity contribution in [3.63, 3.8) is 0 Å². The predicted molar refractivity (Wildman–Crippen MR) is 45.6 cm³/mol. The van der Waals surface area contributed by atoms with Gasteiger partial charge in [-0.05, 0) is 19.9 Å². The van der Waals surface area contributed by atoms with E-state index in [9.17, 15) is 9.90 Å². The molecule has 4 nitrogen and oxygen atoms in total. The molecule has 0 unspecified atom stereocenters. The molecule has 0 aromatic carbocycles. The zero-order chi connectivity index (χ0) is 9.19. The van der Waals surface area contributed by atoms with Crippen LogP contribution in [0.5, 0.6) is 0 Å². The second kappa shape index (κ2) is 5.01. The van der Waals surface area contributed by atoms with Gasteiger partial charge in [0.05, 0.1) is 11.5 Å². The molecule has 0 aliphatic carbocycles. The van der Waals surface area contributed by atoms with Crippen molar-refractivity contribution in [3.05, 3.63) is 5.73 Å². The van der Waals surface area contributed by atoms with E-state index in [1.165, 1.54) is 0 Å². The molecule has 5 heteroatoms. The van der Waals surface area contributed by atoms with E-state index in [1.54, 1.807) is 0 Å². The smallest absolute Gasteiger partial charge is 0.0725 e. The van der Waals surface area contributed by atoms with Crippen LogP contribution in [0.1, 0.15) is 19.3 Å². The second-order valence-corrected chi connectivity index (χ2v) is 3.63. The topological polar surface area (TPSA) is 64.3 Å². The van der Waals surface area contributed by atoms with Gasteiger partial charge < -0.3 is 20.5 Å². The Kier molecular flexibility index (Phi) is 5.00. The Hall–Kier alpha value is -0.0256. The molecule has 1 radical (unpaired) electrons. The van der Waals surface area contributed by atoms with Crippen LogP contribution < -0.4 is 0 Å². The van der Waals surface area contributed by atoms with Gasteiger partial charge >= 0.3 is 0 Å². The van der Waals surface area contributed by atoms with Crippen molar-refractivity contribution in [2.45, 2.75) is 24.9 Å². The summed E-state index contributed by atoms with van der Waals surface area (Å²) in [7, 11) is 1.99. The number of hydrogen-bond donors (Lipinski definition) is 1. The van der Waals surface area contributed by atoms with Gasteiger partial charge in [-0.3, -0.25) is 0 Å². The fourth-order valence-electron chi connectivity index (χ4n) is 1.51. The van der Waals surface area contributed by atoms with Gasteiger partial charge in [0.15, 0.2) is 0 Å². The number of amides is 1. The van der Waals surface area contributed by atoms with Gasteiger partial charge in [-0.2, -0.15) is 0 Å². The number of carbonyl (C=O) groups excluding carboxylic acids is 1. The molecule has 1 heterocycles. The maximum atomic E-state index is 10.5. The minimum Gasteiger partial charge on any atom is -0.668 e. The molecule has 0 bridgehead atoms. The van der Waals surface area contributed by atoms with Crippen LogP contribution in [-0.2, 0) is 23.4 Å². The van der Waals surface area contributed by atoms with Crippen LogP contribution in [0.15, 0.2) is 0 Å². The molecule has 0 atom stereocenters. The van der Waals surface area contributed by atoms with Crippen molar-refractivity contribution >= 4 is 5.91 Å². The SMILES string of the molecule is CN1CCC(O)(CC([NH-])=O)CC1.[V]. The number of aliphatic hydroxyl groups is 1. The van der Waals surface area contributed by atoms with Crippen molar-refractivity contribution in [3.8, 4) is 0 Å². The third-order valence-electron chi connectivity index (χ3n) is 2.41. The number of nitrogens with one attached hydrogen (secondary N) is 1. The maximum absolute atomic E-state index is 10.5. The fraction of sp³-hybridized carbons (Fsp3) is 0.875. The molecule has 1 aliphatic heterocycles. The minimum absolute atomic E-state index is 0. The van der Waals surface area contributed by atoms with Crippen molar-refractivity contribution < 1.29 is 28.5 Å². The summed E-state index contributed by atoms with van der Waals surface area (Å²) in [4.78, 5) is 12.6. The number of hydrogen-bond acceptors (Lipinski definition) is 3. The molecule has 1 aliphatic rings. The minimum atomic E-state index is -0.897. The third kappa shape index (κ3) is 4.13. The van der Waals surface area contributed by atoms with Gasteiger partial charge in [0, 0.05) is 38.1 Å². The van der Waals surface area contributed by atoms with Gasteiger partial charge in [0.2, 0.25) is 0 Å². The molecular formula is C8H15N2O2V-. The maximum Gasteiger partial charge on any atom is 0.0725 e. The Morgan fingerprint density at radius 3 is 2.38 bits per heavy atom. The van der Waals surface area contributed by atoms with Crippen molar-refractivity contribution in [2.24, 2.45) is 0 Å². The largest absolute Gasteiger partial charge is 0.668 e. The van der Waals surface area contributed by atoms with Crippen LogP contribution in [-0.4, -0.2) is 41.7 Å². The zero-order valence-corrected chi connectivity index (χ0v) is 9.18. The molecule has 2 N–H and O–H groups in total. The Labute approximate surface area is 90.4 Å². The summed E-state index contributed by atoms with van der Waals surface area (Å²) in [6.45, 7) is 1.62. The van der Waals surface area contributed by atoms with Crippen LogP contribution in [0.3, 0.4) is 0 Å². The predicted octanol–water partition coefficient (Wildman–Crippen LogP) is 0.410. The Morgan fingerprint density at radius 1 is 1.54 bits per heavy atom. The summed E-state index contributed by atoms with van der Waals surface area (Å²) >= 11 is 0. The van der Waals surface area contributed by atoms with Crippen LogP contribution >= 0.6 is 0 Å². The molecule has 75 valence electrons. The first-order chi connectivity index (χ1) is 5.52. The molecule has 0 spiro atoms. The summed E-state index contributed by atoms with van der Waals surface area (Å²) in [6, 6.07) is 0. The number of carbonyl (C=O) groups is 1. The summed E-state index contributed by atoms with van der Waals surface area (Å²) in [6.07, 6.45) is 1.20. The van der Waals surface area contributed by atoms with Gasteiger partial charge in [-0.25, -0.2) is 0 Å². The average molecular weight is 222 g/mol. The quantitative estimate of drug-likeness (QED) is 0.735. The standard InChI is InChI=1S/C8H16N2O2.V/c1-10-4-2-8(12,3-5-10)6-7(9)11;/h12H,2-6H2,1H3,(H2,9,11);/p-1. The molecule has 0 aromatic rings. The summed E-state index contributed by atoms with van der Waals surface area (Å²) in [5.41, 5.74) is 5.88. The van der Waals surface area contributed by atoms with Gasteiger partial charge in [0.25, 0.3) is 0 Å². The summed E-state index contributed by atoms with van der Waals surface area (Å²) < 4.78 is 0. The zero-order valence-electron chi connectivity index (χ0n) is 7.79. The molecule has 1 rings (SSSR count). The Morgan fingerprint density at radius 2 is 2.00 bits per heavy atom. The van der Waals surface area contributed by atoms with Crippen molar-refractivity contribution in [1.29, 1.82) is 0 Å². The molecule has 1 fully saturated rings. The molecular weight excluding hydrogens is 207 g/mol. The van der Waals surface area contributed by atoms with E-state index < -0.39 is 11.5 Å². The molecule has 0 saturated carbocycles. The third-order valence-corrected chi connectivity index (χ3v) is 2.41. The molecule has 1 amide bonds. The monoisotopic (exact) mass is 222 g/mol. The number of piperidine rings is 1. The average Bonchev–Trinajstić information content (AvgIpc) is 1.94. The Balaban J connectivity index is 0.00000144. The number of nitrogens with zero attached hydrogens (tertiary/aromatic N) is 1. The molecule has 0 aromatic heterocycles. The van der Waals surface area contributed by atoms with Crippen LogP contribution in [0.25, 0.3) is 5.73 Å². The van der Waals surface area contributed by atoms with Crippen molar-refractivity contribution in [1.82, 2.24) is 4.90 Å². The van der Waals surface area contributed by atoms with E-state index >= 15 is 0 Å². The summed E-state index contributed by atoms with van der Waals surface area (Å²) in [5, 5.41) is 9.79. The number of likely N-dealkylation sites (tertiary alicyclic amines) is 1. The van der Waals surface area contributed by atoms with Gasteiger partial charge in [-0.15, -0.1) is 0 Å². The van der Waals surface area contributed by atoms with E-state index in [2.05, 4.69) is 4.90 Å². The van der Waals surface area contributed by atoms with E-state index in [1.807, 2.05) is 7.05 Å². The first kappa shape index (κ1) is 13.0. The number of rotatable bonds is 2. The van der Waals surface area contributed by atoms with E-state index in [0.717, 1.165) is 13.1 Å². The first-order valence-electron chi connectivity index (χ1n) is 4.17. The van der Waals surface area contributed by atoms with Crippen LogP contribution in [0.4, 0.5) is 0 Å².